The van der Waals surface area contributed by atoms with E-state index in [2.05, 4.69) is 22.0 Å². The third-order valence-corrected chi connectivity index (χ3v) is 9.63. The van der Waals surface area contributed by atoms with Crippen LogP contribution < -0.4 is 0 Å². The highest BCUT2D eigenvalue weighted by Crippen LogP contribution is 2.42. The second kappa shape index (κ2) is 9.46. The molecule has 6 nitrogen and oxygen atoms in total. The first-order chi connectivity index (χ1) is 16.4. The molecule has 1 N–H and O–H groups in total. The molecule has 0 spiro atoms. The number of piperazine rings is 1. The Morgan fingerprint density at radius 3 is 2.20 bits per heavy atom. The van der Waals surface area contributed by atoms with Crippen LogP contribution in [0, 0.1) is 0 Å². The van der Waals surface area contributed by atoms with Gasteiger partial charge in [0.2, 0.25) is 10.0 Å². The van der Waals surface area contributed by atoms with E-state index in [1.807, 2.05) is 19.3 Å². The lowest BCUT2D eigenvalue weighted by atomic mass is 9.78. The first kappa shape index (κ1) is 26.1. The first-order valence-electron chi connectivity index (χ1n) is 11.9. The number of aromatic nitrogens is 1. The molecule has 0 bridgehead atoms. The van der Waals surface area contributed by atoms with Crippen molar-refractivity contribution in [1.82, 2.24) is 14.2 Å². The molecule has 2 atom stereocenters. The fourth-order valence-electron chi connectivity index (χ4n) is 5.49. The van der Waals surface area contributed by atoms with Gasteiger partial charge in [-0.25, -0.2) is 8.42 Å². The van der Waals surface area contributed by atoms with Gasteiger partial charge >= 0.3 is 6.18 Å². The molecular formula is C25H32F3N3O3S. The lowest BCUT2D eigenvalue weighted by Crippen LogP contribution is -2.56. The summed E-state index contributed by atoms with van der Waals surface area (Å²) in [5, 5.41) is 9.86. The quantitative estimate of drug-likeness (QED) is 0.633. The van der Waals surface area contributed by atoms with E-state index in [1.165, 1.54) is 22.7 Å². The van der Waals surface area contributed by atoms with Gasteiger partial charge in [0.25, 0.3) is 0 Å². The van der Waals surface area contributed by atoms with Crippen LogP contribution in [0.25, 0.3) is 0 Å². The minimum Gasteiger partial charge on any atom is -0.376 e. The molecule has 1 aliphatic heterocycles. The molecule has 1 aromatic heterocycles. The standard InChI is InChI=1S/C25H32F3N3O3S/c1-19-17-30(18-24(11-3-4-12-24)21-9-13-29-14-10-21)15-16-31(19)35(33,34)22-7-5-20(6-8-22)23(2,32)25(26,27)28/h5-10,13-14,19,32H,3-4,11-12,15-18H2,1-2H3. The minimum atomic E-state index is -4.87. The first-order valence-corrected chi connectivity index (χ1v) is 13.4. The zero-order valence-corrected chi connectivity index (χ0v) is 20.8. The van der Waals surface area contributed by atoms with Crippen molar-refractivity contribution < 1.29 is 26.7 Å². The zero-order chi connectivity index (χ0) is 25.5. The number of nitrogens with zero attached hydrogens (tertiary/aromatic N) is 3. The predicted octanol–water partition coefficient (Wildman–Crippen LogP) is 4.06. The topological polar surface area (TPSA) is 73.7 Å². The van der Waals surface area contributed by atoms with E-state index in [0.29, 0.717) is 26.6 Å². The molecule has 4 rings (SSSR count). The van der Waals surface area contributed by atoms with Gasteiger partial charge in [0.15, 0.2) is 5.60 Å². The second-order valence-electron chi connectivity index (χ2n) is 10.0. The highest BCUT2D eigenvalue weighted by atomic mass is 32.2. The van der Waals surface area contributed by atoms with E-state index in [9.17, 15) is 26.7 Å². The van der Waals surface area contributed by atoms with Gasteiger partial charge in [-0.05, 0) is 62.1 Å². The van der Waals surface area contributed by atoms with Crippen molar-refractivity contribution in [3.05, 3.63) is 59.9 Å². The number of sulfonamides is 1. The summed E-state index contributed by atoms with van der Waals surface area (Å²) in [6.07, 6.45) is 3.30. The van der Waals surface area contributed by atoms with Gasteiger partial charge in [-0.15, -0.1) is 0 Å². The molecule has 192 valence electrons. The van der Waals surface area contributed by atoms with E-state index >= 15 is 0 Å². The van der Waals surface area contributed by atoms with Crippen LogP contribution in [0.1, 0.15) is 50.7 Å². The van der Waals surface area contributed by atoms with Gasteiger partial charge in [-0.2, -0.15) is 17.5 Å². The van der Waals surface area contributed by atoms with Crippen molar-refractivity contribution >= 4 is 10.0 Å². The maximum atomic E-state index is 13.3. The Bertz CT molecular complexity index is 1120. The zero-order valence-electron chi connectivity index (χ0n) is 20.0. The van der Waals surface area contributed by atoms with Crippen molar-refractivity contribution in [2.24, 2.45) is 0 Å². The molecule has 1 saturated heterocycles. The number of pyridine rings is 1. The van der Waals surface area contributed by atoms with Crippen LogP contribution in [0.4, 0.5) is 13.2 Å². The van der Waals surface area contributed by atoms with E-state index in [0.717, 1.165) is 43.7 Å². The number of hydrogen-bond donors (Lipinski definition) is 1. The van der Waals surface area contributed by atoms with Crippen LogP contribution in [0.3, 0.4) is 0 Å². The second-order valence-corrected chi connectivity index (χ2v) is 11.9. The summed E-state index contributed by atoms with van der Waals surface area (Å²) >= 11 is 0. The van der Waals surface area contributed by atoms with Crippen LogP contribution in [0.2, 0.25) is 0 Å². The van der Waals surface area contributed by atoms with Crippen molar-refractivity contribution in [2.75, 3.05) is 26.2 Å². The highest BCUT2D eigenvalue weighted by molar-refractivity contribution is 7.89. The van der Waals surface area contributed by atoms with Gasteiger partial charge in [0.1, 0.15) is 0 Å². The third kappa shape index (κ3) is 4.98. The molecule has 10 heteroatoms. The molecule has 2 unspecified atom stereocenters. The molecule has 1 aromatic carbocycles. The van der Waals surface area contributed by atoms with E-state index < -0.39 is 27.4 Å². The third-order valence-electron chi connectivity index (χ3n) is 7.61. The Kier molecular flexibility index (Phi) is 7.04. The Morgan fingerprint density at radius 1 is 1.06 bits per heavy atom. The van der Waals surface area contributed by atoms with Crippen LogP contribution >= 0.6 is 0 Å². The van der Waals surface area contributed by atoms with Crippen molar-refractivity contribution in [3.63, 3.8) is 0 Å². The summed E-state index contributed by atoms with van der Waals surface area (Å²) in [7, 11) is -3.89. The summed E-state index contributed by atoms with van der Waals surface area (Å²) in [5.74, 6) is 0. The summed E-state index contributed by atoms with van der Waals surface area (Å²) in [6, 6.07) is 8.20. The molecule has 35 heavy (non-hydrogen) atoms. The number of rotatable bonds is 6. The Morgan fingerprint density at radius 2 is 1.66 bits per heavy atom. The summed E-state index contributed by atoms with van der Waals surface area (Å²) in [6.45, 7) is 4.83. The smallest absolute Gasteiger partial charge is 0.376 e. The summed E-state index contributed by atoms with van der Waals surface area (Å²) < 4.78 is 67.4. The van der Waals surface area contributed by atoms with Crippen LogP contribution in [0.5, 0.6) is 0 Å². The number of aliphatic hydroxyl groups is 1. The molecule has 1 saturated carbocycles. The molecule has 1 aliphatic carbocycles. The lowest BCUT2D eigenvalue weighted by molar-refractivity contribution is -0.258. The van der Waals surface area contributed by atoms with Crippen molar-refractivity contribution in [3.8, 4) is 0 Å². The fourth-order valence-corrected chi connectivity index (χ4v) is 7.10. The summed E-state index contributed by atoms with van der Waals surface area (Å²) in [4.78, 5) is 6.39. The molecule has 0 radical (unpaired) electrons. The monoisotopic (exact) mass is 511 g/mol. The van der Waals surface area contributed by atoms with E-state index in [1.54, 1.807) is 0 Å². The minimum absolute atomic E-state index is 0.0506. The Labute approximate surface area is 204 Å². The van der Waals surface area contributed by atoms with Gasteiger partial charge in [-0.3, -0.25) is 9.88 Å². The highest BCUT2D eigenvalue weighted by Gasteiger charge is 2.51. The Hall–Kier alpha value is -2.01. The largest absolute Gasteiger partial charge is 0.421 e. The maximum absolute atomic E-state index is 13.3. The predicted molar refractivity (Wildman–Crippen MR) is 126 cm³/mol. The molecule has 2 heterocycles. The fraction of sp³-hybridized carbons (Fsp3) is 0.560. The molecule has 2 aromatic rings. The van der Waals surface area contributed by atoms with E-state index in [-0.39, 0.29) is 16.4 Å². The van der Waals surface area contributed by atoms with Crippen LogP contribution in [0.15, 0.2) is 53.7 Å². The molecule has 0 amide bonds. The normalized spacial score (nSPS) is 23.8. The van der Waals surface area contributed by atoms with Crippen LogP contribution in [-0.2, 0) is 21.0 Å². The van der Waals surface area contributed by atoms with Gasteiger partial charge in [-0.1, -0.05) is 25.0 Å². The number of alkyl halides is 3. The van der Waals surface area contributed by atoms with Gasteiger partial charge in [0, 0.05) is 50.0 Å². The number of halogens is 3. The molecule has 2 aliphatic rings. The molecular weight excluding hydrogens is 479 g/mol. The molecule has 2 fully saturated rings. The van der Waals surface area contributed by atoms with Crippen molar-refractivity contribution in [1.29, 1.82) is 0 Å². The number of benzene rings is 1. The van der Waals surface area contributed by atoms with Crippen LogP contribution in [-0.4, -0.2) is 66.1 Å². The SMILES string of the molecule is CC1CN(CC2(c3ccncc3)CCCC2)CCN1S(=O)(=O)c1ccc(C(C)(O)C(F)(F)F)cc1. The Balaban J connectivity index is 1.47. The van der Waals surface area contributed by atoms with Gasteiger partial charge < -0.3 is 5.11 Å². The summed E-state index contributed by atoms with van der Waals surface area (Å²) in [5.41, 5.74) is -2.13. The van der Waals surface area contributed by atoms with Gasteiger partial charge in [0.05, 0.1) is 4.90 Å². The average Bonchev–Trinajstić information content (AvgIpc) is 3.28. The lowest BCUT2D eigenvalue weighted by Gasteiger charge is -2.43. The average molecular weight is 512 g/mol. The number of hydrogen-bond acceptors (Lipinski definition) is 5. The van der Waals surface area contributed by atoms with E-state index in [4.69, 9.17) is 0 Å². The van der Waals surface area contributed by atoms with Crippen molar-refractivity contribution in [2.45, 2.75) is 67.7 Å². The maximum Gasteiger partial charge on any atom is 0.421 e.